The molecule has 0 N–H and O–H groups in total. The Bertz CT molecular complexity index is 1320. The highest BCUT2D eigenvalue weighted by Gasteiger charge is 2.36. The van der Waals surface area contributed by atoms with E-state index in [1.54, 1.807) is 22.6 Å². The third kappa shape index (κ3) is 4.10. The fourth-order valence-electron chi connectivity index (χ4n) is 4.17. The van der Waals surface area contributed by atoms with Gasteiger partial charge in [-0.1, -0.05) is 47.7 Å². The van der Waals surface area contributed by atoms with Gasteiger partial charge in [0.2, 0.25) is 0 Å². The van der Waals surface area contributed by atoms with Crippen molar-refractivity contribution in [3.8, 4) is 10.7 Å². The predicted molar refractivity (Wildman–Crippen MR) is 133 cm³/mol. The van der Waals surface area contributed by atoms with Crippen molar-refractivity contribution in [1.29, 1.82) is 0 Å². The van der Waals surface area contributed by atoms with Gasteiger partial charge in [0, 0.05) is 12.5 Å². The van der Waals surface area contributed by atoms with Gasteiger partial charge in [-0.05, 0) is 48.9 Å². The lowest BCUT2D eigenvalue weighted by Crippen LogP contribution is -2.28. The molecule has 4 aromatic rings. The zero-order valence-electron chi connectivity index (χ0n) is 18.6. The Morgan fingerprint density at radius 2 is 2.00 bits per heavy atom. The van der Waals surface area contributed by atoms with Gasteiger partial charge in [0.25, 0.3) is 5.91 Å². The second-order valence-corrected chi connectivity index (χ2v) is 10.4. The fraction of sp³-hybridized carbons (Fsp3) is 0.280. The second-order valence-electron chi connectivity index (χ2n) is 8.56. The zero-order chi connectivity index (χ0) is 23.1. The maximum Gasteiger partial charge on any atom is 0.253 e. The summed E-state index contributed by atoms with van der Waals surface area (Å²) in [5.74, 6) is 1.79. The molecule has 34 heavy (non-hydrogen) atoms. The molecule has 1 saturated carbocycles. The fourth-order valence-corrected chi connectivity index (χ4v) is 5.73. The Labute approximate surface area is 205 Å². The maximum atomic E-state index is 13.4. The number of aryl methyl sites for hydroxylation is 1. The molecule has 1 aliphatic carbocycles. The molecular formula is C25H23N5O2S2. The summed E-state index contributed by atoms with van der Waals surface area (Å²) < 4.78 is 7.86. The standard InChI is InChI=1S/C25H23N5O2S2/c1-16-6-8-17(9-7-16)19-14-20(21-4-2-12-32-21)30(28-19)23(31)15-34-25-27-26-24(22-5-3-13-33-22)29(25)18-10-11-18/h2-9,12-13,18,20H,10-11,14-15H2,1H3/t20-/m0/s1. The van der Waals surface area contributed by atoms with Crippen molar-refractivity contribution in [1.82, 2.24) is 19.8 Å². The lowest BCUT2D eigenvalue weighted by atomic mass is 10.0. The molecule has 9 heteroatoms. The first-order valence-corrected chi connectivity index (χ1v) is 13.2. The van der Waals surface area contributed by atoms with Gasteiger partial charge in [-0.3, -0.25) is 9.36 Å². The summed E-state index contributed by atoms with van der Waals surface area (Å²) in [4.78, 5) is 14.5. The number of rotatable bonds is 7. The minimum Gasteiger partial charge on any atom is -0.467 e. The number of hydrazone groups is 1. The second kappa shape index (κ2) is 8.88. The largest absolute Gasteiger partial charge is 0.467 e. The molecule has 1 fully saturated rings. The molecule has 1 aromatic carbocycles. The van der Waals surface area contributed by atoms with E-state index < -0.39 is 0 Å². The number of nitrogens with zero attached hydrogens (tertiary/aromatic N) is 5. The first-order valence-electron chi connectivity index (χ1n) is 11.3. The highest BCUT2D eigenvalue weighted by molar-refractivity contribution is 7.99. The van der Waals surface area contributed by atoms with E-state index in [0.717, 1.165) is 45.7 Å². The van der Waals surface area contributed by atoms with Crippen LogP contribution in [0.3, 0.4) is 0 Å². The summed E-state index contributed by atoms with van der Waals surface area (Å²) in [6.07, 6.45) is 4.50. The first kappa shape index (κ1) is 21.4. The molecule has 1 atom stereocenters. The average molecular weight is 490 g/mol. The van der Waals surface area contributed by atoms with Gasteiger partial charge in [-0.2, -0.15) is 5.10 Å². The van der Waals surface area contributed by atoms with Gasteiger partial charge < -0.3 is 4.42 Å². The van der Waals surface area contributed by atoms with E-state index in [4.69, 9.17) is 9.52 Å². The normalized spacial score (nSPS) is 17.9. The Kier molecular flexibility index (Phi) is 5.58. The number of amides is 1. The predicted octanol–water partition coefficient (Wildman–Crippen LogP) is 5.71. The first-order chi connectivity index (χ1) is 16.7. The molecule has 2 aliphatic rings. The van der Waals surface area contributed by atoms with Crippen LogP contribution in [-0.2, 0) is 4.79 Å². The van der Waals surface area contributed by atoms with Crippen LogP contribution in [0.1, 0.15) is 48.2 Å². The summed E-state index contributed by atoms with van der Waals surface area (Å²) in [6.45, 7) is 2.06. The summed E-state index contributed by atoms with van der Waals surface area (Å²) >= 11 is 3.08. The average Bonchev–Trinajstić information content (AvgIpc) is 3.35. The van der Waals surface area contributed by atoms with Crippen molar-refractivity contribution in [3.63, 3.8) is 0 Å². The van der Waals surface area contributed by atoms with E-state index in [9.17, 15) is 4.79 Å². The number of hydrogen-bond donors (Lipinski definition) is 0. The third-order valence-electron chi connectivity index (χ3n) is 6.07. The number of thioether (sulfide) groups is 1. The highest BCUT2D eigenvalue weighted by atomic mass is 32.2. The van der Waals surface area contributed by atoms with Crippen molar-refractivity contribution in [3.05, 3.63) is 77.1 Å². The van der Waals surface area contributed by atoms with Crippen LogP contribution in [0.25, 0.3) is 10.7 Å². The van der Waals surface area contributed by atoms with E-state index in [-0.39, 0.29) is 17.7 Å². The van der Waals surface area contributed by atoms with Gasteiger partial charge in [0.15, 0.2) is 11.0 Å². The molecule has 6 rings (SSSR count). The molecule has 1 amide bonds. The van der Waals surface area contributed by atoms with Gasteiger partial charge in [0.1, 0.15) is 11.8 Å². The van der Waals surface area contributed by atoms with Crippen molar-refractivity contribution in [2.24, 2.45) is 5.10 Å². The van der Waals surface area contributed by atoms with E-state index >= 15 is 0 Å². The Balaban J connectivity index is 1.24. The molecule has 0 spiro atoms. The molecule has 0 bridgehead atoms. The van der Waals surface area contributed by atoms with E-state index in [1.165, 1.54) is 17.3 Å². The summed E-state index contributed by atoms with van der Waals surface area (Å²) in [5, 5.41) is 18.0. The number of thiophene rings is 1. The molecule has 0 radical (unpaired) electrons. The molecule has 4 heterocycles. The Morgan fingerprint density at radius 3 is 2.71 bits per heavy atom. The molecule has 0 unspecified atom stereocenters. The van der Waals surface area contributed by atoms with Crippen LogP contribution in [0.5, 0.6) is 0 Å². The molecule has 1 aliphatic heterocycles. The van der Waals surface area contributed by atoms with Crippen LogP contribution in [0.4, 0.5) is 0 Å². The Hall–Kier alpha value is -3.17. The number of aromatic nitrogens is 3. The van der Waals surface area contributed by atoms with Crippen LogP contribution < -0.4 is 0 Å². The van der Waals surface area contributed by atoms with Crippen LogP contribution in [0.15, 0.2) is 74.8 Å². The van der Waals surface area contributed by atoms with Crippen molar-refractivity contribution in [2.75, 3.05) is 5.75 Å². The minimum absolute atomic E-state index is 0.0727. The molecule has 3 aromatic heterocycles. The zero-order valence-corrected chi connectivity index (χ0v) is 20.3. The van der Waals surface area contributed by atoms with Crippen LogP contribution >= 0.6 is 23.1 Å². The van der Waals surface area contributed by atoms with Gasteiger partial charge >= 0.3 is 0 Å². The lowest BCUT2D eigenvalue weighted by Gasteiger charge is -2.19. The van der Waals surface area contributed by atoms with E-state index in [1.807, 2.05) is 23.6 Å². The monoisotopic (exact) mass is 489 g/mol. The smallest absolute Gasteiger partial charge is 0.253 e. The third-order valence-corrected chi connectivity index (χ3v) is 7.86. The van der Waals surface area contributed by atoms with Crippen molar-refractivity contribution >= 4 is 34.7 Å². The SMILES string of the molecule is Cc1ccc(C2=NN(C(=O)CSc3nnc(-c4cccs4)n3C3CC3)[C@H](c3ccco3)C2)cc1. The van der Waals surface area contributed by atoms with Gasteiger partial charge in [0.05, 0.1) is 22.6 Å². The van der Waals surface area contributed by atoms with Gasteiger partial charge in [-0.25, -0.2) is 5.01 Å². The van der Waals surface area contributed by atoms with Crippen molar-refractivity contribution < 1.29 is 9.21 Å². The number of carbonyl (C=O) groups is 1. The number of benzene rings is 1. The van der Waals surface area contributed by atoms with E-state index in [0.29, 0.717) is 12.5 Å². The lowest BCUT2D eigenvalue weighted by molar-refractivity contribution is -0.130. The maximum absolute atomic E-state index is 13.4. The van der Waals surface area contributed by atoms with Crippen molar-refractivity contribution in [2.45, 2.75) is 43.4 Å². The van der Waals surface area contributed by atoms with Gasteiger partial charge in [-0.15, -0.1) is 21.5 Å². The topological polar surface area (TPSA) is 76.5 Å². The summed E-state index contributed by atoms with van der Waals surface area (Å²) in [7, 11) is 0. The van der Waals surface area contributed by atoms with Crippen LogP contribution in [-0.4, -0.2) is 37.1 Å². The van der Waals surface area contributed by atoms with Crippen LogP contribution in [0, 0.1) is 6.92 Å². The molecule has 172 valence electrons. The van der Waals surface area contributed by atoms with E-state index in [2.05, 4.69) is 52.0 Å². The number of carbonyl (C=O) groups excluding carboxylic acids is 1. The minimum atomic E-state index is -0.248. The summed E-state index contributed by atoms with van der Waals surface area (Å²) in [5.41, 5.74) is 3.11. The van der Waals surface area contributed by atoms with Crippen LogP contribution in [0.2, 0.25) is 0 Å². The molecule has 0 saturated heterocycles. The molecular weight excluding hydrogens is 466 g/mol. The number of furan rings is 1. The highest BCUT2D eigenvalue weighted by Crippen LogP contribution is 2.42. The quantitative estimate of drug-likeness (QED) is 0.311. The Morgan fingerprint density at radius 1 is 1.15 bits per heavy atom. The molecule has 7 nitrogen and oxygen atoms in total. The summed E-state index contributed by atoms with van der Waals surface area (Å²) in [6, 6.07) is 16.2. The number of hydrogen-bond acceptors (Lipinski definition) is 7.